The first-order chi connectivity index (χ1) is 12.6. The molecule has 1 unspecified atom stereocenters. The molecule has 26 heavy (non-hydrogen) atoms. The minimum atomic E-state index is 0. The summed E-state index contributed by atoms with van der Waals surface area (Å²) < 4.78 is 0. The third-order valence-electron chi connectivity index (χ3n) is 5.95. The topological polar surface area (TPSA) is 20.3 Å². The van der Waals surface area contributed by atoms with Gasteiger partial charge in [0, 0.05) is 21.2 Å². The molecular formula is C24H29NO. The average molecular weight is 348 g/mol. The first-order valence-electron chi connectivity index (χ1n) is 9.73. The van der Waals surface area contributed by atoms with Gasteiger partial charge in [0.15, 0.2) is 5.78 Å². The van der Waals surface area contributed by atoms with Gasteiger partial charge in [0.25, 0.3) is 0 Å². The molecule has 2 aliphatic carbocycles. The van der Waals surface area contributed by atoms with Crippen molar-refractivity contribution in [3.8, 4) is 0 Å². The van der Waals surface area contributed by atoms with Crippen LogP contribution >= 0.6 is 0 Å². The summed E-state index contributed by atoms with van der Waals surface area (Å²) in [6.07, 6.45) is 9.64. The molecule has 1 atom stereocenters. The van der Waals surface area contributed by atoms with E-state index < -0.39 is 0 Å². The SMILES string of the molecule is CN(C)c1ccc(Cc2ccc3c(c2)C(C2CCCC2)C(=O)C=C3)cc1.[HH]. The van der Waals surface area contributed by atoms with Gasteiger partial charge in [-0.3, -0.25) is 4.79 Å². The van der Waals surface area contributed by atoms with E-state index in [1.165, 1.54) is 53.6 Å². The Hall–Kier alpha value is -2.35. The summed E-state index contributed by atoms with van der Waals surface area (Å²) in [5.74, 6) is 0.909. The average Bonchev–Trinajstić information content (AvgIpc) is 3.16. The third kappa shape index (κ3) is 3.33. The van der Waals surface area contributed by atoms with Crippen LogP contribution < -0.4 is 4.90 Å². The number of ketones is 1. The van der Waals surface area contributed by atoms with Crippen molar-refractivity contribution < 1.29 is 6.22 Å². The van der Waals surface area contributed by atoms with Gasteiger partial charge in [-0.15, -0.1) is 0 Å². The zero-order valence-corrected chi connectivity index (χ0v) is 15.7. The normalized spacial score (nSPS) is 19.6. The number of benzene rings is 2. The van der Waals surface area contributed by atoms with Crippen LogP contribution in [-0.4, -0.2) is 19.9 Å². The van der Waals surface area contributed by atoms with E-state index in [9.17, 15) is 4.79 Å². The fourth-order valence-electron chi connectivity index (χ4n) is 4.51. The number of hydrogen-bond acceptors (Lipinski definition) is 2. The highest BCUT2D eigenvalue weighted by atomic mass is 16.1. The lowest BCUT2D eigenvalue weighted by atomic mass is 9.76. The molecule has 2 aliphatic rings. The summed E-state index contributed by atoms with van der Waals surface area (Å²) in [5.41, 5.74) is 6.31. The number of fused-ring (bicyclic) bond motifs is 1. The summed E-state index contributed by atoms with van der Waals surface area (Å²) in [4.78, 5) is 14.7. The van der Waals surface area contributed by atoms with Gasteiger partial charge >= 0.3 is 0 Å². The van der Waals surface area contributed by atoms with Crippen molar-refractivity contribution in [3.05, 3.63) is 70.8 Å². The quantitative estimate of drug-likeness (QED) is 0.732. The molecule has 0 aliphatic heterocycles. The molecule has 2 nitrogen and oxygen atoms in total. The summed E-state index contributed by atoms with van der Waals surface area (Å²) in [7, 11) is 4.12. The van der Waals surface area contributed by atoms with E-state index in [2.05, 4.69) is 61.5 Å². The zero-order valence-electron chi connectivity index (χ0n) is 15.7. The molecule has 0 amide bonds. The molecule has 136 valence electrons. The largest absolute Gasteiger partial charge is 0.378 e. The smallest absolute Gasteiger partial charge is 0.163 e. The fourth-order valence-corrected chi connectivity index (χ4v) is 4.51. The molecule has 1 fully saturated rings. The maximum Gasteiger partial charge on any atom is 0.163 e. The molecular weight excluding hydrogens is 318 g/mol. The fraction of sp³-hybridized carbons (Fsp3) is 0.375. The number of carbonyl (C=O) groups is 1. The summed E-state index contributed by atoms with van der Waals surface area (Å²) in [5, 5.41) is 0. The Labute approximate surface area is 158 Å². The van der Waals surface area contributed by atoms with Crippen molar-refractivity contribution in [2.75, 3.05) is 19.0 Å². The van der Waals surface area contributed by atoms with Crippen LogP contribution in [0.3, 0.4) is 0 Å². The van der Waals surface area contributed by atoms with E-state index in [-0.39, 0.29) is 7.34 Å². The van der Waals surface area contributed by atoms with Crippen LogP contribution in [0, 0.1) is 5.92 Å². The first-order valence-corrected chi connectivity index (χ1v) is 9.73. The molecule has 0 bridgehead atoms. The number of nitrogens with zero attached hydrogens (tertiary/aromatic N) is 1. The summed E-state index contributed by atoms with van der Waals surface area (Å²) in [6.45, 7) is 0. The Morgan fingerprint density at radius 2 is 1.65 bits per heavy atom. The van der Waals surface area contributed by atoms with Gasteiger partial charge < -0.3 is 4.90 Å². The first kappa shape index (κ1) is 17.1. The van der Waals surface area contributed by atoms with Gasteiger partial charge in [-0.25, -0.2) is 0 Å². The molecule has 0 radical (unpaired) electrons. The lowest BCUT2D eigenvalue weighted by molar-refractivity contribution is -0.117. The van der Waals surface area contributed by atoms with Gasteiger partial charge in [0.05, 0.1) is 5.92 Å². The monoisotopic (exact) mass is 347 g/mol. The number of anilines is 1. The van der Waals surface area contributed by atoms with Crippen LogP contribution in [0.1, 0.15) is 55.3 Å². The number of allylic oxidation sites excluding steroid dienone is 1. The lowest BCUT2D eigenvalue weighted by Gasteiger charge is -2.26. The van der Waals surface area contributed by atoms with E-state index in [1.807, 2.05) is 6.08 Å². The van der Waals surface area contributed by atoms with Crippen LogP contribution in [0.4, 0.5) is 5.69 Å². The van der Waals surface area contributed by atoms with Crippen LogP contribution in [0.2, 0.25) is 0 Å². The Morgan fingerprint density at radius 3 is 2.35 bits per heavy atom. The second-order valence-electron chi connectivity index (χ2n) is 7.96. The predicted molar refractivity (Wildman–Crippen MR) is 111 cm³/mol. The third-order valence-corrected chi connectivity index (χ3v) is 5.95. The minimum Gasteiger partial charge on any atom is -0.378 e. The Balaban J connectivity index is 0.00000210. The zero-order chi connectivity index (χ0) is 18.1. The highest BCUT2D eigenvalue weighted by molar-refractivity contribution is 6.02. The van der Waals surface area contributed by atoms with Crippen molar-refractivity contribution in [3.63, 3.8) is 0 Å². The summed E-state index contributed by atoms with van der Waals surface area (Å²) in [6, 6.07) is 15.4. The van der Waals surface area contributed by atoms with Crippen molar-refractivity contribution in [2.24, 2.45) is 5.92 Å². The van der Waals surface area contributed by atoms with E-state index in [0.29, 0.717) is 11.7 Å². The molecule has 0 aromatic heterocycles. The minimum absolute atomic E-state index is 0. The summed E-state index contributed by atoms with van der Waals surface area (Å²) >= 11 is 0. The predicted octanol–water partition coefficient (Wildman–Crippen LogP) is 5.46. The second-order valence-corrected chi connectivity index (χ2v) is 7.96. The lowest BCUT2D eigenvalue weighted by Crippen LogP contribution is -2.22. The van der Waals surface area contributed by atoms with Gasteiger partial charge in [-0.05, 0) is 65.6 Å². The molecule has 2 aromatic carbocycles. The van der Waals surface area contributed by atoms with E-state index in [0.717, 1.165) is 6.42 Å². The molecule has 0 spiro atoms. The van der Waals surface area contributed by atoms with Crippen LogP contribution in [0.15, 0.2) is 48.5 Å². The van der Waals surface area contributed by atoms with Crippen molar-refractivity contribution in [2.45, 2.75) is 38.0 Å². The molecule has 0 saturated heterocycles. The molecule has 1 saturated carbocycles. The van der Waals surface area contributed by atoms with E-state index in [4.69, 9.17) is 0 Å². The van der Waals surface area contributed by atoms with E-state index in [1.54, 1.807) is 6.08 Å². The molecule has 0 N–H and O–H groups in total. The Bertz CT molecular complexity index is 832. The number of rotatable bonds is 4. The Kier molecular flexibility index (Phi) is 4.67. The maximum absolute atomic E-state index is 12.6. The number of carbonyl (C=O) groups excluding carboxylic acids is 1. The van der Waals surface area contributed by atoms with Crippen LogP contribution in [0.25, 0.3) is 6.08 Å². The highest BCUT2D eigenvalue weighted by Gasteiger charge is 2.33. The molecule has 4 rings (SSSR count). The van der Waals surface area contributed by atoms with Gasteiger partial charge in [0.2, 0.25) is 0 Å². The molecule has 0 heterocycles. The van der Waals surface area contributed by atoms with Crippen molar-refractivity contribution in [1.29, 1.82) is 0 Å². The van der Waals surface area contributed by atoms with Crippen LogP contribution in [0.5, 0.6) is 0 Å². The standard InChI is InChI=1S/C24H27NO.H2/c1-25(2)21-12-8-17(9-13-21)15-18-7-10-19-11-14-23(26)24(22(19)16-18)20-5-3-4-6-20;/h7-14,16,20,24H,3-6,15H2,1-2H3;1H. The second kappa shape index (κ2) is 7.11. The van der Waals surface area contributed by atoms with Crippen molar-refractivity contribution >= 4 is 17.5 Å². The highest BCUT2D eigenvalue weighted by Crippen LogP contribution is 2.41. The Morgan fingerprint density at radius 1 is 0.962 bits per heavy atom. The van der Waals surface area contributed by atoms with Gasteiger partial charge in [-0.1, -0.05) is 49.2 Å². The van der Waals surface area contributed by atoms with Gasteiger partial charge in [0.1, 0.15) is 0 Å². The van der Waals surface area contributed by atoms with Gasteiger partial charge in [-0.2, -0.15) is 0 Å². The molecule has 2 heteroatoms. The van der Waals surface area contributed by atoms with Crippen molar-refractivity contribution in [1.82, 2.24) is 0 Å². The maximum atomic E-state index is 12.6. The van der Waals surface area contributed by atoms with E-state index >= 15 is 0 Å². The van der Waals surface area contributed by atoms with Crippen LogP contribution in [-0.2, 0) is 11.2 Å². The molecule has 2 aromatic rings. The number of hydrogen-bond donors (Lipinski definition) is 0.